The Balaban J connectivity index is 2.86. The average molecular weight is 193 g/mol. The summed E-state index contributed by atoms with van der Waals surface area (Å²) in [5, 5.41) is 3.23. The molecule has 1 unspecified atom stereocenters. The van der Waals surface area contributed by atoms with Crippen LogP contribution in [0.1, 0.15) is 12.8 Å². The lowest BCUT2D eigenvalue weighted by atomic mass is 10.3. The third-order valence-electron chi connectivity index (χ3n) is 1.52. The maximum absolute atomic E-state index is 10.6. The van der Waals surface area contributed by atoms with E-state index in [4.69, 9.17) is 4.74 Å². The third kappa shape index (κ3) is 10.1. The maximum atomic E-state index is 10.6. The van der Waals surface area contributed by atoms with Crippen LogP contribution in [0.15, 0.2) is 0 Å². The van der Waals surface area contributed by atoms with Gasteiger partial charge < -0.3 is 10.1 Å². The van der Waals surface area contributed by atoms with Gasteiger partial charge in [0.15, 0.2) is 0 Å². The van der Waals surface area contributed by atoms with Gasteiger partial charge in [-0.25, -0.2) is 0 Å². The zero-order valence-corrected chi connectivity index (χ0v) is 8.78. The lowest BCUT2D eigenvalue weighted by Crippen LogP contribution is -2.21. The molecule has 0 fully saturated rings. The first-order valence-electron chi connectivity index (χ1n) is 4.27. The van der Waals surface area contributed by atoms with Gasteiger partial charge in [-0.05, 0) is 19.4 Å². The van der Waals surface area contributed by atoms with Gasteiger partial charge in [-0.15, -0.1) is 0 Å². The molecule has 0 bridgehead atoms. The summed E-state index contributed by atoms with van der Waals surface area (Å²) in [6.07, 6.45) is 3.95. The third-order valence-corrected chi connectivity index (χ3v) is 2.30. The minimum atomic E-state index is -0.662. The number of hydrogen-bond donors (Lipinski definition) is 1. The van der Waals surface area contributed by atoms with E-state index < -0.39 is 10.8 Å². The van der Waals surface area contributed by atoms with Gasteiger partial charge in [0.05, 0.1) is 0 Å². The Bertz CT molecular complexity index is 120. The lowest BCUT2D eigenvalue weighted by Gasteiger charge is -2.02. The largest absolute Gasteiger partial charge is 0.385 e. The highest BCUT2D eigenvalue weighted by Gasteiger charge is 1.90. The van der Waals surface area contributed by atoms with Crippen LogP contribution < -0.4 is 5.32 Å². The molecule has 0 heterocycles. The second-order valence-corrected chi connectivity index (χ2v) is 4.28. The normalized spacial score (nSPS) is 13.2. The molecule has 0 saturated carbocycles. The summed E-state index contributed by atoms with van der Waals surface area (Å²) in [6.45, 7) is 2.69. The van der Waals surface area contributed by atoms with Gasteiger partial charge in [0.1, 0.15) is 0 Å². The number of methoxy groups -OCH3 is 1. The van der Waals surface area contributed by atoms with Gasteiger partial charge in [0, 0.05) is 43.1 Å². The first-order chi connectivity index (χ1) is 5.77. The molecule has 0 aliphatic carbocycles. The Labute approximate surface area is 77.3 Å². The molecule has 0 aliphatic heterocycles. The zero-order chi connectivity index (χ0) is 9.23. The van der Waals surface area contributed by atoms with Crippen molar-refractivity contribution in [2.75, 3.05) is 38.8 Å². The number of unbranched alkanes of at least 4 members (excludes halogenated alkanes) is 1. The number of nitrogens with one attached hydrogen (secondary N) is 1. The molecule has 74 valence electrons. The number of rotatable bonds is 8. The quantitative estimate of drug-likeness (QED) is 0.566. The molecule has 0 spiro atoms. The van der Waals surface area contributed by atoms with Crippen molar-refractivity contribution in [1.82, 2.24) is 5.32 Å². The summed E-state index contributed by atoms with van der Waals surface area (Å²) in [5.74, 6) is 0.754. The van der Waals surface area contributed by atoms with E-state index in [2.05, 4.69) is 5.32 Å². The van der Waals surface area contributed by atoms with Crippen molar-refractivity contribution in [2.24, 2.45) is 0 Å². The van der Waals surface area contributed by atoms with Gasteiger partial charge >= 0.3 is 0 Å². The van der Waals surface area contributed by atoms with E-state index in [-0.39, 0.29) is 0 Å². The molecule has 0 radical (unpaired) electrons. The Hall–Kier alpha value is 0.0700. The molecule has 1 atom stereocenters. The van der Waals surface area contributed by atoms with Crippen LogP contribution in [0.4, 0.5) is 0 Å². The Kier molecular flexibility index (Phi) is 9.21. The predicted molar refractivity (Wildman–Crippen MR) is 52.9 cm³/mol. The summed E-state index contributed by atoms with van der Waals surface area (Å²) in [7, 11) is 1.05. The maximum Gasteiger partial charge on any atom is 0.0462 e. The van der Waals surface area contributed by atoms with Crippen molar-refractivity contribution in [1.29, 1.82) is 0 Å². The van der Waals surface area contributed by atoms with Crippen molar-refractivity contribution in [3.63, 3.8) is 0 Å². The highest BCUT2D eigenvalue weighted by Crippen LogP contribution is 1.86. The molecule has 12 heavy (non-hydrogen) atoms. The van der Waals surface area contributed by atoms with E-state index in [1.807, 2.05) is 0 Å². The second-order valence-electron chi connectivity index (χ2n) is 2.73. The minimum Gasteiger partial charge on any atom is -0.385 e. The van der Waals surface area contributed by atoms with E-state index >= 15 is 0 Å². The monoisotopic (exact) mass is 193 g/mol. The van der Waals surface area contributed by atoms with Crippen LogP contribution in [0.3, 0.4) is 0 Å². The molecule has 0 aromatic carbocycles. The zero-order valence-electron chi connectivity index (χ0n) is 7.97. The summed E-state index contributed by atoms with van der Waals surface area (Å²) in [6, 6.07) is 0. The van der Waals surface area contributed by atoms with E-state index in [0.717, 1.165) is 38.3 Å². The minimum absolute atomic E-state index is 0.662. The van der Waals surface area contributed by atoms with Crippen molar-refractivity contribution >= 4 is 10.8 Å². The second kappa shape index (κ2) is 9.16. The average Bonchev–Trinajstić information content (AvgIpc) is 2.02. The molecule has 1 N–H and O–H groups in total. The summed E-state index contributed by atoms with van der Waals surface area (Å²) < 4.78 is 15.5. The predicted octanol–water partition coefficient (Wildman–Crippen LogP) is 0.381. The fourth-order valence-electron chi connectivity index (χ4n) is 0.837. The van der Waals surface area contributed by atoms with Crippen molar-refractivity contribution in [3.05, 3.63) is 0 Å². The Morgan fingerprint density at radius 2 is 2.08 bits per heavy atom. The highest BCUT2D eigenvalue weighted by atomic mass is 32.2. The van der Waals surface area contributed by atoms with Gasteiger partial charge in [-0.2, -0.15) is 0 Å². The number of hydrogen-bond acceptors (Lipinski definition) is 3. The van der Waals surface area contributed by atoms with E-state index in [1.165, 1.54) is 0 Å². The molecular weight excluding hydrogens is 174 g/mol. The Morgan fingerprint density at radius 3 is 2.67 bits per heavy atom. The van der Waals surface area contributed by atoms with Crippen LogP contribution in [-0.2, 0) is 15.5 Å². The molecule has 0 aromatic heterocycles. The van der Waals surface area contributed by atoms with Crippen LogP contribution >= 0.6 is 0 Å². The van der Waals surface area contributed by atoms with Crippen LogP contribution in [0.2, 0.25) is 0 Å². The molecule has 0 aromatic rings. The van der Waals surface area contributed by atoms with E-state index in [9.17, 15) is 4.21 Å². The molecule has 4 heteroatoms. The number of ether oxygens (including phenoxy) is 1. The van der Waals surface area contributed by atoms with Gasteiger partial charge in [-0.1, -0.05) is 0 Å². The molecule has 0 amide bonds. The lowest BCUT2D eigenvalue weighted by molar-refractivity contribution is 0.192. The van der Waals surface area contributed by atoms with E-state index in [1.54, 1.807) is 13.4 Å². The summed E-state index contributed by atoms with van der Waals surface area (Å²) >= 11 is 0. The molecule has 0 aliphatic rings. The van der Waals surface area contributed by atoms with Crippen LogP contribution in [-0.4, -0.2) is 43.0 Å². The fraction of sp³-hybridized carbons (Fsp3) is 1.00. The van der Waals surface area contributed by atoms with Gasteiger partial charge in [0.2, 0.25) is 0 Å². The van der Waals surface area contributed by atoms with Crippen LogP contribution in [0.5, 0.6) is 0 Å². The SMILES string of the molecule is COCCCCNCCS(C)=O. The molecule has 0 rings (SSSR count). The first-order valence-corrected chi connectivity index (χ1v) is 5.99. The fourth-order valence-corrected chi connectivity index (χ4v) is 1.27. The van der Waals surface area contributed by atoms with Crippen molar-refractivity contribution in [3.8, 4) is 0 Å². The highest BCUT2D eigenvalue weighted by molar-refractivity contribution is 7.84. The van der Waals surface area contributed by atoms with Crippen molar-refractivity contribution < 1.29 is 8.95 Å². The van der Waals surface area contributed by atoms with Gasteiger partial charge in [0.25, 0.3) is 0 Å². The topological polar surface area (TPSA) is 38.3 Å². The van der Waals surface area contributed by atoms with Crippen LogP contribution in [0.25, 0.3) is 0 Å². The van der Waals surface area contributed by atoms with Gasteiger partial charge in [-0.3, -0.25) is 4.21 Å². The summed E-state index contributed by atoms with van der Waals surface area (Å²) in [4.78, 5) is 0. The first kappa shape index (κ1) is 12.1. The molecule has 3 nitrogen and oxygen atoms in total. The van der Waals surface area contributed by atoms with Crippen molar-refractivity contribution in [2.45, 2.75) is 12.8 Å². The van der Waals surface area contributed by atoms with E-state index in [0.29, 0.717) is 0 Å². The smallest absolute Gasteiger partial charge is 0.0462 e. The molecule has 0 saturated heterocycles. The van der Waals surface area contributed by atoms with Crippen LogP contribution in [0, 0.1) is 0 Å². The Morgan fingerprint density at radius 1 is 1.33 bits per heavy atom. The standard InChI is InChI=1S/C8H19NO2S/c1-11-7-4-3-5-9-6-8-12(2)10/h9H,3-8H2,1-2H3. The summed E-state index contributed by atoms with van der Waals surface area (Å²) in [5.41, 5.74) is 0. The molecular formula is C8H19NO2S.